The first-order chi connectivity index (χ1) is 6.43. The van der Waals surface area contributed by atoms with Crippen molar-refractivity contribution in [3.8, 4) is 0 Å². The number of hydrogen-bond donors (Lipinski definition) is 1. The van der Waals surface area contributed by atoms with Crippen LogP contribution in [0.4, 0.5) is 0 Å². The standard InChI is InChI=1S/C11H20N2O/c1-11(2,3)13(4)10(14)9-7-5-12-6-8(7)9/h7-9,12H,5-6H2,1-4H3. The van der Waals surface area contributed by atoms with Crippen LogP contribution in [-0.2, 0) is 4.79 Å². The van der Waals surface area contributed by atoms with Crippen LogP contribution in [0.25, 0.3) is 0 Å². The smallest absolute Gasteiger partial charge is 0.226 e. The molecule has 1 saturated carbocycles. The molecule has 1 saturated heterocycles. The van der Waals surface area contributed by atoms with Crippen molar-refractivity contribution in [1.82, 2.24) is 10.2 Å². The quantitative estimate of drug-likeness (QED) is 0.670. The second-order valence-electron chi connectivity index (χ2n) is 5.58. The first kappa shape index (κ1) is 9.97. The third-order valence-electron chi connectivity index (χ3n) is 3.71. The van der Waals surface area contributed by atoms with E-state index in [9.17, 15) is 4.79 Å². The molecule has 14 heavy (non-hydrogen) atoms. The van der Waals surface area contributed by atoms with E-state index in [-0.39, 0.29) is 5.54 Å². The highest BCUT2D eigenvalue weighted by atomic mass is 16.2. The molecule has 1 heterocycles. The predicted molar refractivity (Wildman–Crippen MR) is 55.9 cm³/mol. The maximum Gasteiger partial charge on any atom is 0.226 e. The van der Waals surface area contributed by atoms with Crippen LogP contribution in [0.2, 0.25) is 0 Å². The summed E-state index contributed by atoms with van der Waals surface area (Å²) in [5.41, 5.74) is -0.0403. The van der Waals surface area contributed by atoms with Gasteiger partial charge in [-0.15, -0.1) is 0 Å². The van der Waals surface area contributed by atoms with E-state index in [1.54, 1.807) is 0 Å². The number of carbonyl (C=O) groups is 1. The van der Waals surface area contributed by atoms with Gasteiger partial charge >= 0.3 is 0 Å². The van der Waals surface area contributed by atoms with Gasteiger partial charge in [-0.1, -0.05) is 0 Å². The minimum absolute atomic E-state index is 0.0403. The monoisotopic (exact) mass is 196 g/mol. The lowest BCUT2D eigenvalue weighted by Crippen LogP contribution is -2.44. The number of amides is 1. The summed E-state index contributed by atoms with van der Waals surface area (Å²) in [7, 11) is 1.92. The van der Waals surface area contributed by atoms with Crippen LogP contribution in [0.3, 0.4) is 0 Å². The van der Waals surface area contributed by atoms with Gasteiger partial charge in [-0.2, -0.15) is 0 Å². The number of nitrogens with one attached hydrogen (secondary N) is 1. The molecule has 2 fully saturated rings. The molecular formula is C11H20N2O. The Labute approximate surface area is 85.8 Å². The topological polar surface area (TPSA) is 32.3 Å². The van der Waals surface area contributed by atoms with Gasteiger partial charge in [-0.25, -0.2) is 0 Å². The Morgan fingerprint density at radius 2 is 1.79 bits per heavy atom. The molecule has 80 valence electrons. The fourth-order valence-corrected chi connectivity index (χ4v) is 2.34. The van der Waals surface area contributed by atoms with Crippen molar-refractivity contribution in [1.29, 1.82) is 0 Å². The number of piperidine rings is 1. The van der Waals surface area contributed by atoms with Gasteiger partial charge in [-0.3, -0.25) is 4.79 Å². The van der Waals surface area contributed by atoms with Crippen molar-refractivity contribution < 1.29 is 4.79 Å². The van der Waals surface area contributed by atoms with E-state index in [2.05, 4.69) is 26.1 Å². The second-order valence-corrected chi connectivity index (χ2v) is 5.58. The van der Waals surface area contributed by atoms with Crippen molar-refractivity contribution in [3.05, 3.63) is 0 Å². The Morgan fingerprint density at radius 1 is 1.29 bits per heavy atom. The fraction of sp³-hybridized carbons (Fsp3) is 0.909. The average Bonchev–Trinajstić information content (AvgIpc) is 2.55. The van der Waals surface area contributed by atoms with Gasteiger partial charge in [0.1, 0.15) is 0 Å². The van der Waals surface area contributed by atoms with Crippen molar-refractivity contribution >= 4 is 5.91 Å². The number of hydrogen-bond acceptors (Lipinski definition) is 2. The summed E-state index contributed by atoms with van der Waals surface area (Å²) in [5.74, 6) is 1.93. The number of fused-ring (bicyclic) bond motifs is 1. The Hall–Kier alpha value is -0.570. The molecule has 2 unspecified atom stereocenters. The van der Waals surface area contributed by atoms with Crippen LogP contribution in [-0.4, -0.2) is 36.5 Å². The van der Waals surface area contributed by atoms with Crippen molar-refractivity contribution in [2.24, 2.45) is 17.8 Å². The largest absolute Gasteiger partial charge is 0.341 e. The third-order valence-corrected chi connectivity index (χ3v) is 3.71. The lowest BCUT2D eigenvalue weighted by molar-refractivity contribution is -0.136. The van der Waals surface area contributed by atoms with Crippen LogP contribution in [0, 0.1) is 17.8 Å². The summed E-state index contributed by atoms with van der Waals surface area (Å²) < 4.78 is 0. The van der Waals surface area contributed by atoms with Crippen LogP contribution < -0.4 is 5.32 Å². The summed E-state index contributed by atoms with van der Waals surface area (Å²) in [5, 5.41) is 3.31. The highest BCUT2D eigenvalue weighted by Crippen LogP contribution is 2.49. The molecule has 2 rings (SSSR count). The Bertz CT molecular complexity index is 247. The van der Waals surface area contributed by atoms with E-state index in [1.807, 2.05) is 11.9 Å². The molecule has 3 nitrogen and oxygen atoms in total. The molecule has 1 aliphatic heterocycles. The van der Waals surface area contributed by atoms with Gasteiger partial charge in [0.2, 0.25) is 5.91 Å². The SMILES string of the molecule is CN(C(=O)C1C2CNCC21)C(C)(C)C. The van der Waals surface area contributed by atoms with Gasteiger partial charge in [0.25, 0.3) is 0 Å². The second kappa shape index (κ2) is 2.96. The molecule has 2 aliphatic rings. The Morgan fingerprint density at radius 3 is 2.21 bits per heavy atom. The van der Waals surface area contributed by atoms with E-state index < -0.39 is 0 Å². The summed E-state index contributed by atoms with van der Waals surface area (Å²) >= 11 is 0. The molecule has 0 aromatic rings. The van der Waals surface area contributed by atoms with E-state index in [0.717, 1.165) is 13.1 Å². The molecule has 0 radical (unpaired) electrons. The molecule has 0 bridgehead atoms. The molecule has 1 amide bonds. The molecule has 2 atom stereocenters. The zero-order valence-corrected chi connectivity index (χ0v) is 9.50. The molecular weight excluding hydrogens is 176 g/mol. The molecule has 0 aromatic heterocycles. The molecule has 1 N–H and O–H groups in total. The summed E-state index contributed by atoms with van der Waals surface area (Å²) in [6, 6.07) is 0. The highest BCUT2D eigenvalue weighted by Gasteiger charge is 2.58. The van der Waals surface area contributed by atoms with Crippen LogP contribution >= 0.6 is 0 Å². The van der Waals surface area contributed by atoms with Gasteiger partial charge in [0.15, 0.2) is 0 Å². The minimum atomic E-state index is -0.0403. The molecule has 0 aromatic carbocycles. The first-order valence-electron chi connectivity index (χ1n) is 5.41. The van der Waals surface area contributed by atoms with Crippen molar-refractivity contribution in [3.63, 3.8) is 0 Å². The lowest BCUT2D eigenvalue weighted by Gasteiger charge is -2.32. The van der Waals surface area contributed by atoms with Crippen LogP contribution in [0.15, 0.2) is 0 Å². The van der Waals surface area contributed by atoms with Gasteiger partial charge in [0, 0.05) is 18.5 Å². The normalized spacial score (nSPS) is 35.3. The zero-order chi connectivity index (χ0) is 10.5. The number of rotatable bonds is 1. The number of nitrogens with zero attached hydrogens (tertiary/aromatic N) is 1. The van der Waals surface area contributed by atoms with E-state index in [1.165, 1.54) is 0 Å². The van der Waals surface area contributed by atoms with Gasteiger partial charge < -0.3 is 10.2 Å². The minimum Gasteiger partial charge on any atom is -0.341 e. The van der Waals surface area contributed by atoms with Gasteiger partial charge in [-0.05, 0) is 45.7 Å². The van der Waals surface area contributed by atoms with Crippen LogP contribution in [0.5, 0.6) is 0 Å². The summed E-state index contributed by atoms with van der Waals surface area (Å²) in [6.07, 6.45) is 0. The van der Waals surface area contributed by atoms with Gasteiger partial charge in [0.05, 0.1) is 0 Å². The first-order valence-corrected chi connectivity index (χ1v) is 5.41. The van der Waals surface area contributed by atoms with Crippen LogP contribution in [0.1, 0.15) is 20.8 Å². The van der Waals surface area contributed by atoms with E-state index >= 15 is 0 Å². The highest BCUT2D eigenvalue weighted by molar-refractivity contribution is 5.83. The summed E-state index contributed by atoms with van der Waals surface area (Å²) in [4.78, 5) is 14.0. The Kier molecular flexibility index (Phi) is 2.11. The lowest BCUT2D eigenvalue weighted by atomic mass is 10.1. The fourth-order valence-electron chi connectivity index (χ4n) is 2.34. The van der Waals surface area contributed by atoms with E-state index in [4.69, 9.17) is 0 Å². The predicted octanol–water partition coefficient (Wildman–Crippen LogP) is 0.709. The van der Waals surface area contributed by atoms with Crippen molar-refractivity contribution in [2.45, 2.75) is 26.3 Å². The third kappa shape index (κ3) is 1.44. The average molecular weight is 196 g/mol. The summed E-state index contributed by atoms with van der Waals surface area (Å²) in [6.45, 7) is 8.34. The Balaban J connectivity index is 1.97. The molecule has 1 aliphatic carbocycles. The zero-order valence-electron chi connectivity index (χ0n) is 9.50. The van der Waals surface area contributed by atoms with E-state index in [0.29, 0.717) is 23.7 Å². The maximum absolute atomic E-state index is 12.1. The molecule has 0 spiro atoms. The van der Waals surface area contributed by atoms with Crippen molar-refractivity contribution in [2.75, 3.05) is 20.1 Å². The molecule has 3 heteroatoms. The number of carbonyl (C=O) groups excluding carboxylic acids is 1. The maximum atomic E-state index is 12.1.